The molecule has 0 heterocycles. The molecular formula is C15H13ClN2O3. The molecule has 0 atom stereocenters. The molecule has 2 aromatic carbocycles. The van der Waals surface area contributed by atoms with Gasteiger partial charge in [0.15, 0.2) is 0 Å². The molecule has 1 amide bonds. The van der Waals surface area contributed by atoms with Crippen molar-refractivity contribution in [3.63, 3.8) is 0 Å². The van der Waals surface area contributed by atoms with Crippen LogP contribution in [0.2, 0.25) is 5.02 Å². The Kier molecular flexibility index (Phi) is 4.23. The highest BCUT2D eigenvalue weighted by molar-refractivity contribution is 6.33. The summed E-state index contributed by atoms with van der Waals surface area (Å²) in [6.07, 6.45) is 0. The van der Waals surface area contributed by atoms with Gasteiger partial charge in [0.1, 0.15) is 5.02 Å². The smallest absolute Gasteiger partial charge is 0.288 e. The zero-order valence-corrected chi connectivity index (χ0v) is 12.3. The molecule has 0 saturated carbocycles. The van der Waals surface area contributed by atoms with Gasteiger partial charge in [-0.2, -0.15) is 0 Å². The summed E-state index contributed by atoms with van der Waals surface area (Å²) in [4.78, 5) is 22.5. The second-order valence-corrected chi connectivity index (χ2v) is 5.05. The molecule has 0 aliphatic carbocycles. The van der Waals surface area contributed by atoms with E-state index in [9.17, 15) is 14.9 Å². The maximum Gasteiger partial charge on any atom is 0.288 e. The van der Waals surface area contributed by atoms with E-state index in [1.54, 1.807) is 19.1 Å². The van der Waals surface area contributed by atoms with Gasteiger partial charge >= 0.3 is 0 Å². The van der Waals surface area contributed by atoms with Gasteiger partial charge in [0.05, 0.1) is 4.92 Å². The lowest BCUT2D eigenvalue weighted by Crippen LogP contribution is -2.14. The van der Waals surface area contributed by atoms with E-state index in [-0.39, 0.29) is 16.6 Å². The number of hydrogen-bond donors (Lipinski definition) is 1. The first-order chi connectivity index (χ1) is 9.90. The fraction of sp³-hybridized carbons (Fsp3) is 0.133. The zero-order valence-electron chi connectivity index (χ0n) is 11.5. The zero-order chi connectivity index (χ0) is 15.6. The van der Waals surface area contributed by atoms with Gasteiger partial charge in [-0.15, -0.1) is 0 Å². The minimum Gasteiger partial charge on any atom is -0.322 e. The Labute approximate surface area is 126 Å². The lowest BCUT2D eigenvalue weighted by atomic mass is 10.1. The Balaban J connectivity index is 2.32. The molecule has 0 fully saturated rings. The SMILES string of the molecule is Cc1cc([N+](=O)[O-])c(Cl)cc1NC(=O)c1ccccc1C. The van der Waals surface area contributed by atoms with E-state index in [1.807, 2.05) is 19.1 Å². The van der Waals surface area contributed by atoms with Crippen molar-refractivity contribution in [3.8, 4) is 0 Å². The van der Waals surface area contributed by atoms with E-state index >= 15 is 0 Å². The predicted octanol–water partition coefficient (Wildman–Crippen LogP) is 4.12. The van der Waals surface area contributed by atoms with Crippen molar-refractivity contribution < 1.29 is 9.72 Å². The fourth-order valence-corrected chi connectivity index (χ4v) is 2.19. The normalized spacial score (nSPS) is 10.2. The summed E-state index contributed by atoms with van der Waals surface area (Å²) in [6, 6.07) is 9.91. The first kappa shape index (κ1) is 15.0. The molecule has 108 valence electrons. The molecule has 0 aromatic heterocycles. The third kappa shape index (κ3) is 3.20. The molecule has 0 aliphatic heterocycles. The number of aryl methyl sites for hydroxylation is 2. The monoisotopic (exact) mass is 304 g/mol. The minimum absolute atomic E-state index is 0.00863. The van der Waals surface area contributed by atoms with Crippen LogP contribution in [0.15, 0.2) is 36.4 Å². The fourth-order valence-electron chi connectivity index (χ4n) is 1.96. The van der Waals surface area contributed by atoms with E-state index in [1.165, 1.54) is 12.1 Å². The highest BCUT2D eigenvalue weighted by Crippen LogP contribution is 2.30. The summed E-state index contributed by atoms with van der Waals surface area (Å²) in [5.74, 6) is -0.277. The van der Waals surface area contributed by atoms with Crippen molar-refractivity contribution >= 4 is 28.9 Å². The molecule has 0 unspecified atom stereocenters. The van der Waals surface area contributed by atoms with Gasteiger partial charge in [-0.05, 0) is 37.1 Å². The molecule has 1 N–H and O–H groups in total. The van der Waals surface area contributed by atoms with Gasteiger partial charge in [0.2, 0.25) is 0 Å². The molecule has 2 aromatic rings. The van der Waals surface area contributed by atoms with Crippen LogP contribution in [0.3, 0.4) is 0 Å². The molecule has 0 bridgehead atoms. The highest BCUT2D eigenvalue weighted by Gasteiger charge is 2.17. The van der Waals surface area contributed by atoms with Crippen molar-refractivity contribution in [2.24, 2.45) is 0 Å². The summed E-state index contributed by atoms with van der Waals surface area (Å²) in [7, 11) is 0. The molecule has 0 aliphatic rings. The van der Waals surface area contributed by atoms with Crippen LogP contribution in [0.4, 0.5) is 11.4 Å². The van der Waals surface area contributed by atoms with Crippen LogP contribution < -0.4 is 5.32 Å². The maximum atomic E-state index is 12.2. The number of carbonyl (C=O) groups is 1. The number of nitrogens with one attached hydrogen (secondary N) is 1. The third-order valence-corrected chi connectivity index (χ3v) is 3.43. The van der Waals surface area contributed by atoms with Gasteiger partial charge in [0.25, 0.3) is 11.6 Å². The number of nitro benzene ring substituents is 1. The number of hydrogen-bond acceptors (Lipinski definition) is 3. The van der Waals surface area contributed by atoms with Crippen LogP contribution in [0.25, 0.3) is 0 Å². The number of nitro groups is 1. The first-order valence-corrected chi connectivity index (χ1v) is 6.59. The molecule has 0 saturated heterocycles. The highest BCUT2D eigenvalue weighted by atomic mass is 35.5. The molecule has 0 spiro atoms. The molecule has 5 nitrogen and oxygen atoms in total. The maximum absolute atomic E-state index is 12.2. The predicted molar refractivity (Wildman–Crippen MR) is 82.0 cm³/mol. The Morgan fingerprint density at radius 3 is 2.48 bits per heavy atom. The quantitative estimate of drug-likeness (QED) is 0.685. The van der Waals surface area contributed by atoms with Crippen LogP contribution in [-0.4, -0.2) is 10.8 Å². The van der Waals surface area contributed by atoms with Crippen molar-refractivity contribution in [2.45, 2.75) is 13.8 Å². The van der Waals surface area contributed by atoms with Gasteiger partial charge in [-0.25, -0.2) is 0 Å². The molecule has 0 radical (unpaired) electrons. The summed E-state index contributed by atoms with van der Waals surface area (Å²) < 4.78 is 0. The minimum atomic E-state index is -0.553. The number of halogens is 1. The van der Waals surface area contributed by atoms with Crippen LogP contribution in [0.5, 0.6) is 0 Å². The van der Waals surface area contributed by atoms with Crippen LogP contribution in [0.1, 0.15) is 21.5 Å². The van der Waals surface area contributed by atoms with Crippen molar-refractivity contribution in [1.29, 1.82) is 0 Å². The Morgan fingerprint density at radius 2 is 1.86 bits per heavy atom. The Bertz CT molecular complexity index is 729. The van der Waals surface area contributed by atoms with Crippen LogP contribution in [0, 0.1) is 24.0 Å². The van der Waals surface area contributed by atoms with Crippen LogP contribution in [-0.2, 0) is 0 Å². The Morgan fingerprint density at radius 1 is 1.19 bits per heavy atom. The summed E-state index contributed by atoms with van der Waals surface area (Å²) in [5, 5.41) is 13.5. The molecule has 2 rings (SSSR count). The third-order valence-electron chi connectivity index (χ3n) is 3.13. The topological polar surface area (TPSA) is 72.2 Å². The second-order valence-electron chi connectivity index (χ2n) is 4.64. The van der Waals surface area contributed by atoms with E-state index < -0.39 is 4.92 Å². The molecular weight excluding hydrogens is 292 g/mol. The van der Waals surface area contributed by atoms with E-state index in [0.29, 0.717) is 16.8 Å². The van der Waals surface area contributed by atoms with Gasteiger partial charge in [-0.1, -0.05) is 29.8 Å². The average Bonchev–Trinajstić information content (AvgIpc) is 2.42. The van der Waals surface area contributed by atoms with Crippen molar-refractivity contribution in [1.82, 2.24) is 0 Å². The summed E-state index contributed by atoms with van der Waals surface area (Å²) in [6.45, 7) is 3.52. The summed E-state index contributed by atoms with van der Waals surface area (Å²) >= 11 is 5.86. The van der Waals surface area contributed by atoms with Gasteiger partial charge in [0, 0.05) is 17.3 Å². The largest absolute Gasteiger partial charge is 0.322 e. The van der Waals surface area contributed by atoms with E-state index in [4.69, 9.17) is 11.6 Å². The van der Waals surface area contributed by atoms with Gasteiger partial charge in [-0.3, -0.25) is 14.9 Å². The number of nitrogens with zero attached hydrogens (tertiary/aromatic N) is 1. The number of amides is 1. The Hall–Kier alpha value is -2.40. The van der Waals surface area contributed by atoms with Crippen LogP contribution >= 0.6 is 11.6 Å². The lowest BCUT2D eigenvalue weighted by Gasteiger charge is -2.10. The van der Waals surface area contributed by atoms with Crippen molar-refractivity contribution in [3.05, 3.63) is 68.2 Å². The molecule has 6 heteroatoms. The number of rotatable bonds is 3. The lowest BCUT2D eigenvalue weighted by molar-refractivity contribution is -0.384. The average molecular weight is 305 g/mol. The number of carbonyl (C=O) groups excluding carboxylic acids is 1. The number of anilines is 1. The van der Waals surface area contributed by atoms with Gasteiger partial charge < -0.3 is 5.32 Å². The van der Waals surface area contributed by atoms with Crippen molar-refractivity contribution in [2.75, 3.05) is 5.32 Å². The van der Waals surface area contributed by atoms with E-state index in [0.717, 1.165) is 5.56 Å². The summed E-state index contributed by atoms with van der Waals surface area (Å²) in [5.41, 5.74) is 2.25. The standard InChI is InChI=1S/C15H13ClN2O3/c1-9-5-3-4-6-11(9)15(19)17-13-8-12(16)14(18(20)21)7-10(13)2/h3-8H,1-2H3,(H,17,19). The molecule has 21 heavy (non-hydrogen) atoms. The van der Waals surface area contributed by atoms with E-state index in [2.05, 4.69) is 5.32 Å². The first-order valence-electron chi connectivity index (χ1n) is 6.21. The second kappa shape index (κ2) is 5.93. The number of benzene rings is 2.